The van der Waals surface area contributed by atoms with E-state index in [1.54, 1.807) is 19.6 Å². The molecule has 0 saturated carbocycles. The van der Waals surface area contributed by atoms with E-state index < -0.39 is 41.2 Å². The van der Waals surface area contributed by atoms with Gasteiger partial charge in [-0.25, -0.2) is 22.0 Å². The maximum absolute atomic E-state index is 13.2. The molecular formula is C9H9F5SSi. The lowest BCUT2D eigenvalue weighted by Crippen LogP contribution is -2.16. The zero-order chi connectivity index (χ0) is 12.7. The Hall–Kier alpha value is -0.563. The SMILES string of the molecule is C[Si](C)(C)Sc1c(F)c(F)c(F)c(F)c1F. The van der Waals surface area contributed by atoms with Gasteiger partial charge in [-0.05, 0) is 0 Å². The number of rotatable bonds is 2. The monoisotopic (exact) mass is 272 g/mol. The molecule has 0 unspecified atom stereocenters. The molecule has 0 aromatic heterocycles. The zero-order valence-electron chi connectivity index (χ0n) is 8.80. The molecule has 0 N–H and O–H groups in total. The van der Waals surface area contributed by atoms with E-state index in [0.717, 1.165) is 11.2 Å². The molecule has 1 aromatic carbocycles. The minimum Gasteiger partial charge on any atom is -0.202 e. The molecule has 1 rings (SSSR count). The molecule has 0 spiro atoms. The van der Waals surface area contributed by atoms with Crippen molar-refractivity contribution in [2.75, 3.05) is 0 Å². The quantitative estimate of drug-likeness (QED) is 0.334. The summed E-state index contributed by atoms with van der Waals surface area (Å²) < 4.78 is 64.8. The van der Waals surface area contributed by atoms with Crippen LogP contribution >= 0.6 is 11.2 Å². The van der Waals surface area contributed by atoms with Gasteiger partial charge in [0, 0.05) is 0 Å². The average molecular weight is 272 g/mol. The lowest BCUT2D eigenvalue weighted by molar-refractivity contribution is 0.361. The molecule has 90 valence electrons. The molecule has 0 radical (unpaired) electrons. The summed E-state index contributed by atoms with van der Waals surface area (Å²) in [6.45, 7) is 5.24. The summed E-state index contributed by atoms with van der Waals surface area (Å²) in [5.41, 5.74) is 0. The first-order valence-electron chi connectivity index (χ1n) is 4.35. The zero-order valence-corrected chi connectivity index (χ0v) is 10.6. The van der Waals surface area contributed by atoms with Crippen LogP contribution in [0.1, 0.15) is 0 Å². The molecule has 16 heavy (non-hydrogen) atoms. The van der Waals surface area contributed by atoms with Gasteiger partial charge in [0.05, 0.1) is 4.90 Å². The van der Waals surface area contributed by atoms with Gasteiger partial charge < -0.3 is 0 Å². The second-order valence-corrected chi connectivity index (χ2v) is 13.2. The van der Waals surface area contributed by atoms with E-state index in [2.05, 4.69) is 0 Å². The van der Waals surface area contributed by atoms with Gasteiger partial charge in [0.1, 0.15) is 7.22 Å². The maximum atomic E-state index is 13.2. The molecule has 0 atom stereocenters. The molecule has 0 nitrogen and oxygen atoms in total. The minimum absolute atomic E-state index is 0.733. The van der Waals surface area contributed by atoms with Gasteiger partial charge in [-0.1, -0.05) is 19.6 Å². The van der Waals surface area contributed by atoms with Gasteiger partial charge in [-0.3, -0.25) is 0 Å². The molecular weight excluding hydrogens is 263 g/mol. The van der Waals surface area contributed by atoms with Crippen LogP contribution in [0, 0.1) is 29.1 Å². The molecule has 0 aliphatic rings. The highest BCUT2D eigenvalue weighted by Crippen LogP contribution is 2.36. The summed E-state index contributed by atoms with van der Waals surface area (Å²) in [6, 6.07) is 0. The highest BCUT2D eigenvalue weighted by Gasteiger charge is 2.29. The van der Waals surface area contributed by atoms with Crippen LogP contribution < -0.4 is 0 Å². The molecule has 7 heteroatoms. The Kier molecular flexibility index (Phi) is 3.68. The third-order valence-corrected chi connectivity index (χ3v) is 5.20. The van der Waals surface area contributed by atoms with E-state index in [0.29, 0.717) is 0 Å². The van der Waals surface area contributed by atoms with E-state index in [4.69, 9.17) is 0 Å². The van der Waals surface area contributed by atoms with E-state index in [1.807, 2.05) is 0 Å². The summed E-state index contributed by atoms with van der Waals surface area (Å²) in [4.78, 5) is -0.782. The molecule has 0 aliphatic carbocycles. The van der Waals surface area contributed by atoms with Crippen molar-refractivity contribution in [3.63, 3.8) is 0 Å². The van der Waals surface area contributed by atoms with Crippen LogP contribution in [0.15, 0.2) is 4.90 Å². The topological polar surface area (TPSA) is 0 Å². The molecule has 0 saturated heterocycles. The second-order valence-electron chi connectivity index (χ2n) is 4.11. The highest BCUT2D eigenvalue weighted by molar-refractivity contribution is 8.28. The first-order valence-corrected chi connectivity index (χ1v) is 9.39. The van der Waals surface area contributed by atoms with E-state index in [-0.39, 0.29) is 0 Å². The van der Waals surface area contributed by atoms with E-state index >= 15 is 0 Å². The average Bonchev–Trinajstić information content (AvgIpc) is 2.17. The van der Waals surface area contributed by atoms with Gasteiger partial charge in [0.2, 0.25) is 5.82 Å². The van der Waals surface area contributed by atoms with Crippen LogP contribution in [0.4, 0.5) is 22.0 Å². The fraction of sp³-hybridized carbons (Fsp3) is 0.333. The first kappa shape index (κ1) is 13.5. The molecule has 0 amide bonds. The normalized spacial score (nSPS) is 12.0. The van der Waals surface area contributed by atoms with Crippen molar-refractivity contribution in [1.82, 2.24) is 0 Å². The van der Waals surface area contributed by atoms with Crippen LogP contribution in [0.25, 0.3) is 0 Å². The fourth-order valence-electron chi connectivity index (χ4n) is 0.981. The smallest absolute Gasteiger partial charge is 0.200 e. The Balaban J connectivity index is 3.40. The summed E-state index contributed by atoms with van der Waals surface area (Å²) in [5.74, 6) is -9.39. The highest BCUT2D eigenvalue weighted by atomic mass is 32.4. The number of benzene rings is 1. The standard InChI is InChI=1S/C9H9F5SSi/c1-16(2,3)15-9-7(13)5(11)4(10)6(12)8(9)14/h1-3H3. The third-order valence-electron chi connectivity index (χ3n) is 1.58. The lowest BCUT2D eigenvalue weighted by Gasteiger charge is -2.16. The largest absolute Gasteiger partial charge is 0.202 e. The van der Waals surface area contributed by atoms with Crippen molar-refractivity contribution in [2.45, 2.75) is 24.5 Å². The second kappa shape index (κ2) is 4.36. The summed E-state index contributed by atoms with van der Waals surface area (Å²) in [7, 11) is -2.04. The van der Waals surface area contributed by atoms with Gasteiger partial charge in [0.15, 0.2) is 23.3 Å². The van der Waals surface area contributed by atoms with Crippen LogP contribution in [-0.2, 0) is 0 Å². The number of hydrogen-bond donors (Lipinski definition) is 0. The fourth-order valence-corrected chi connectivity index (χ4v) is 4.33. The van der Waals surface area contributed by atoms with Crippen LogP contribution in [-0.4, -0.2) is 7.22 Å². The van der Waals surface area contributed by atoms with Gasteiger partial charge in [-0.2, -0.15) is 0 Å². The van der Waals surface area contributed by atoms with Crippen molar-refractivity contribution < 1.29 is 22.0 Å². The van der Waals surface area contributed by atoms with Crippen molar-refractivity contribution in [2.24, 2.45) is 0 Å². The first-order chi connectivity index (χ1) is 7.15. The van der Waals surface area contributed by atoms with Crippen molar-refractivity contribution in [1.29, 1.82) is 0 Å². The summed E-state index contributed by atoms with van der Waals surface area (Å²) in [5, 5.41) is 0. The van der Waals surface area contributed by atoms with Gasteiger partial charge >= 0.3 is 0 Å². The van der Waals surface area contributed by atoms with E-state index in [9.17, 15) is 22.0 Å². The van der Waals surface area contributed by atoms with Crippen molar-refractivity contribution in [3.8, 4) is 0 Å². The maximum Gasteiger partial charge on any atom is 0.200 e. The van der Waals surface area contributed by atoms with Crippen LogP contribution in [0.3, 0.4) is 0 Å². The number of hydrogen-bond acceptors (Lipinski definition) is 1. The predicted molar refractivity (Wildman–Crippen MR) is 55.4 cm³/mol. The summed E-state index contributed by atoms with van der Waals surface area (Å²) in [6.07, 6.45) is 0. The minimum atomic E-state index is -2.12. The Labute approximate surface area is 94.5 Å². The van der Waals surface area contributed by atoms with Gasteiger partial charge in [0.25, 0.3) is 0 Å². The van der Waals surface area contributed by atoms with Gasteiger partial charge in [-0.15, -0.1) is 11.2 Å². The molecule has 0 fully saturated rings. The lowest BCUT2D eigenvalue weighted by atomic mass is 10.3. The molecule has 0 aliphatic heterocycles. The Morgan fingerprint density at radius 1 is 0.688 bits per heavy atom. The Bertz CT molecular complexity index is 398. The third kappa shape index (κ3) is 2.57. The van der Waals surface area contributed by atoms with Crippen LogP contribution in [0.5, 0.6) is 0 Å². The predicted octanol–water partition coefficient (Wildman–Crippen LogP) is 4.31. The molecule has 0 heterocycles. The van der Waals surface area contributed by atoms with Crippen LogP contribution in [0.2, 0.25) is 19.6 Å². The Morgan fingerprint density at radius 3 is 1.31 bits per heavy atom. The Morgan fingerprint density at radius 2 is 1.00 bits per heavy atom. The summed E-state index contributed by atoms with van der Waals surface area (Å²) >= 11 is 0.733. The number of halogens is 5. The van der Waals surface area contributed by atoms with E-state index in [1.165, 1.54) is 0 Å². The molecule has 1 aromatic rings. The van der Waals surface area contributed by atoms with Crippen molar-refractivity contribution >= 4 is 18.4 Å². The molecule has 0 bridgehead atoms. The van der Waals surface area contributed by atoms with Crippen molar-refractivity contribution in [3.05, 3.63) is 29.1 Å².